The molecule has 0 saturated heterocycles. The molecular weight excluding hydrogens is 458 g/mol. The van der Waals surface area contributed by atoms with Crippen LogP contribution in [0.1, 0.15) is 19.8 Å². The molecule has 0 spiro atoms. The van der Waals surface area contributed by atoms with E-state index in [1.807, 2.05) is 86.6 Å². The van der Waals surface area contributed by atoms with E-state index >= 15 is 0 Å². The van der Waals surface area contributed by atoms with Crippen LogP contribution in [-0.2, 0) is 4.79 Å². The second-order valence-corrected chi connectivity index (χ2v) is 10.1. The first-order valence-corrected chi connectivity index (χ1v) is 12.3. The Morgan fingerprint density at radius 2 is 1.71 bits per heavy atom. The third kappa shape index (κ3) is 5.33. The van der Waals surface area contributed by atoms with Crippen LogP contribution in [0.5, 0.6) is 0 Å². The topological polar surface area (TPSA) is 84.5 Å². The summed E-state index contributed by atoms with van der Waals surface area (Å²) in [4.78, 5) is 18.6. The largest absolute Gasteiger partial charge is 0.378 e. The molecule has 35 heavy (non-hydrogen) atoms. The first kappa shape index (κ1) is 23.0. The van der Waals surface area contributed by atoms with E-state index in [4.69, 9.17) is 4.52 Å². The normalized spacial score (nSPS) is 13.8. The number of H-pyrrole nitrogens is 1. The second kappa shape index (κ2) is 9.46. The number of carbonyl (C=O) groups excluding carboxylic acids is 1. The lowest BCUT2D eigenvalue weighted by Gasteiger charge is -2.11. The van der Waals surface area contributed by atoms with Gasteiger partial charge in [0.25, 0.3) is 0 Å². The Labute approximate surface area is 209 Å². The van der Waals surface area contributed by atoms with Gasteiger partial charge in [0.15, 0.2) is 5.16 Å². The van der Waals surface area contributed by atoms with E-state index in [9.17, 15) is 4.79 Å². The van der Waals surface area contributed by atoms with Crippen molar-refractivity contribution in [1.29, 1.82) is 0 Å². The zero-order chi connectivity index (χ0) is 24.4. The van der Waals surface area contributed by atoms with Crippen molar-refractivity contribution in [3.63, 3.8) is 0 Å². The summed E-state index contributed by atoms with van der Waals surface area (Å²) in [7, 11) is 4.01. The van der Waals surface area contributed by atoms with Gasteiger partial charge in [-0.3, -0.25) is 4.79 Å². The number of hydrogen-bond donors (Lipinski definition) is 2. The van der Waals surface area contributed by atoms with Gasteiger partial charge in [0.2, 0.25) is 5.91 Å². The number of amides is 1. The van der Waals surface area contributed by atoms with Crippen LogP contribution in [0.2, 0.25) is 0 Å². The highest BCUT2D eigenvalue weighted by molar-refractivity contribution is 8.00. The molecule has 1 aliphatic carbocycles. The lowest BCUT2D eigenvalue weighted by Crippen LogP contribution is -2.21. The van der Waals surface area contributed by atoms with Gasteiger partial charge >= 0.3 is 11.7 Å². The highest BCUT2D eigenvalue weighted by Gasteiger charge is 2.44. The fourth-order valence-corrected chi connectivity index (χ4v) is 4.27. The molecule has 1 saturated carbocycles. The molecule has 8 heteroatoms. The molecule has 0 bridgehead atoms. The predicted molar refractivity (Wildman–Crippen MR) is 140 cm³/mol. The molecule has 7 nitrogen and oxygen atoms in total. The molecule has 0 atom stereocenters. The highest BCUT2D eigenvalue weighted by Crippen LogP contribution is 2.45. The SMILES string of the molecule is CN(C)c1cccc(-c2[nH+]c(-c3cccc(SNc4ccc(NC(=O)C5(C)CC5)cc4)c3)no2)c1. The quantitative estimate of drug-likeness (QED) is 0.309. The zero-order valence-electron chi connectivity index (χ0n) is 20.0. The predicted octanol–water partition coefficient (Wildman–Crippen LogP) is 5.75. The Morgan fingerprint density at radius 3 is 2.46 bits per heavy atom. The van der Waals surface area contributed by atoms with Crippen molar-refractivity contribution in [3.05, 3.63) is 72.8 Å². The molecule has 3 aromatic carbocycles. The summed E-state index contributed by atoms with van der Waals surface area (Å²) in [6.45, 7) is 2.00. The third-order valence-electron chi connectivity index (χ3n) is 6.17. The van der Waals surface area contributed by atoms with Gasteiger partial charge in [0.05, 0.1) is 11.1 Å². The second-order valence-electron chi connectivity index (χ2n) is 9.25. The fourth-order valence-electron chi connectivity index (χ4n) is 3.56. The number of hydrogen-bond acceptors (Lipinski definition) is 6. The molecule has 1 aliphatic rings. The molecule has 5 rings (SSSR count). The van der Waals surface area contributed by atoms with Gasteiger partial charge in [-0.25, -0.2) is 4.52 Å². The number of aromatic amines is 1. The van der Waals surface area contributed by atoms with Crippen LogP contribution in [0.3, 0.4) is 0 Å². The van der Waals surface area contributed by atoms with Crippen molar-refractivity contribution < 1.29 is 14.3 Å². The maximum atomic E-state index is 12.2. The molecule has 4 aromatic rings. The van der Waals surface area contributed by atoms with Gasteiger partial charge < -0.3 is 14.9 Å². The summed E-state index contributed by atoms with van der Waals surface area (Å²) in [6, 6.07) is 23.9. The van der Waals surface area contributed by atoms with Crippen LogP contribution in [0.15, 0.2) is 82.2 Å². The van der Waals surface area contributed by atoms with Gasteiger partial charge in [-0.15, -0.1) is 0 Å². The van der Waals surface area contributed by atoms with Crippen molar-refractivity contribution >= 4 is 34.9 Å². The van der Waals surface area contributed by atoms with Gasteiger partial charge in [-0.1, -0.05) is 19.1 Å². The molecule has 1 aromatic heterocycles. The van der Waals surface area contributed by atoms with Crippen molar-refractivity contribution in [1.82, 2.24) is 5.16 Å². The Morgan fingerprint density at radius 1 is 1.00 bits per heavy atom. The smallest absolute Gasteiger partial charge is 0.378 e. The van der Waals surface area contributed by atoms with Gasteiger partial charge in [0, 0.05) is 41.5 Å². The van der Waals surface area contributed by atoms with Crippen molar-refractivity contribution in [2.75, 3.05) is 29.0 Å². The van der Waals surface area contributed by atoms with Crippen molar-refractivity contribution in [3.8, 4) is 22.8 Å². The first-order chi connectivity index (χ1) is 16.9. The Bertz CT molecular complexity index is 1350. The summed E-state index contributed by atoms with van der Waals surface area (Å²) in [5.74, 6) is 1.38. The molecule has 1 fully saturated rings. The molecule has 0 aliphatic heterocycles. The first-order valence-electron chi connectivity index (χ1n) is 11.5. The van der Waals surface area contributed by atoms with Gasteiger partial charge in [-0.05, 0) is 85.5 Å². The summed E-state index contributed by atoms with van der Waals surface area (Å²) >= 11 is 1.51. The van der Waals surface area contributed by atoms with E-state index in [2.05, 4.69) is 32.3 Å². The molecule has 3 N–H and O–H groups in total. The monoisotopic (exact) mass is 486 g/mol. The summed E-state index contributed by atoms with van der Waals surface area (Å²) in [6.07, 6.45) is 1.93. The van der Waals surface area contributed by atoms with E-state index in [0.29, 0.717) is 11.7 Å². The number of rotatable bonds is 8. The van der Waals surface area contributed by atoms with Crippen LogP contribution >= 0.6 is 11.9 Å². The number of anilines is 3. The Balaban J connectivity index is 1.23. The van der Waals surface area contributed by atoms with Crippen molar-refractivity contribution in [2.45, 2.75) is 24.7 Å². The van der Waals surface area contributed by atoms with Crippen LogP contribution in [0.25, 0.3) is 22.8 Å². The van der Waals surface area contributed by atoms with Gasteiger partial charge in [0.1, 0.15) is 0 Å². The van der Waals surface area contributed by atoms with Crippen molar-refractivity contribution in [2.24, 2.45) is 5.41 Å². The van der Waals surface area contributed by atoms with Gasteiger partial charge in [-0.2, -0.15) is 4.98 Å². The van der Waals surface area contributed by atoms with Crippen LogP contribution in [0.4, 0.5) is 17.1 Å². The number of nitrogens with one attached hydrogen (secondary N) is 3. The molecule has 1 amide bonds. The van der Waals surface area contributed by atoms with Crippen LogP contribution < -0.4 is 19.9 Å². The lowest BCUT2D eigenvalue weighted by molar-refractivity contribution is -0.356. The zero-order valence-corrected chi connectivity index (χ0v) is 20.8. The number of nitrogens with zero attached hydrogens (tertiary/aromatic N) is 2. The standard InChI is InChI=1S/C27H27N5O2S/c1-27(14-15-27)26(33)28-20-10-12-21(13-11-20)31-35-23-9-5-6-18(17-23)24-29-25(34-30-24)19-7-4-8-22(16-19)32(2)3/h4-13,16-17,31H,14-15H2,1-3H3,(H,28,33)/p+1. The minimum Gasteiger partial charge on any atom is -0.378 e. The minimum absolute atomic E-state index is 0.0996. The molecule has 1 heterocycles. The number of carbonyl (C=O) groups is 1. The third-order valence-corrected chi connectivity index (χ3v) is 7.00. The number of benzene rings is 3. The highest BCUT2D eigenvalue weighted by atomic mass is 32.2. The van der Waals surface area contributed by atoms with E-state index in [1.54, 1.807) is 0 Å². The van der Waals surface area contributed by atoms with Crippen LogP contribution in [-0.4, -0.2) is 25.2 Å². The molecular formula is C27H28N5O2S+. The number of aromatic nitrogens is 2. The lowest BCUT2D eigenvalue weighted by atomic mass is 10.1. The minimum atomic E-state index is -0.184. The molecule has 0 radical (unpaired) electrons. The Kier molecular flexibility index (Phi) is 6.21. The summed E-state index contributed by atoms with van der Waals surface area (Å²) in [5, 5.41) is 7.24. The molecule has 0 unspecified atom stereocenters. The molecule has 178 valence electrons. The van der Waals surface area contributed by atoms with E-state index in [0.717, 1.165) is 45.9 Å². The van der Waals surface area contributed by atoms with E-state index in [1.165, 1.54) is 11.9 Å². The maximum Gasteiger partial charge on any atom is 0.378 e. The van der Waals surface area contributed by atoms with Crippen LogP contribution in [0, 0.1) is 5.41 Å². The van der Waals surface area contributed by atoms with E-state index < -0.39 is 0 Å². The summed E-state index contributed by atoms with van der Waals surface area (Å²) < 4.78 is 8.95. The average Bonchev–Trinajstić information content (AvgIpc) is 3.44. The average molecular weight is 487 g/mol. The maximum absolute atomic E-state index is 12.2. The Hall–Kier alpha value is -3.78. The summed E-state index contributed by atoms with van der Waals surface area (Å²) in [5.41, 5.74) is 4.54. The van der Waals surface area contributed by atoms with E-state index in [-0.39, 0.29) is 11.3 Å². The fraction of sp³-hybridized carbons (Fsp3) is 0.222.